The number of anilines is 1. The molecule has 4 N–H and O–H groups in total. The summed E-state index contributed by atoms with van der Waals surface area (Å²) in [6.45, 7) is 7.36. The van der Waals surface area contributed by atoms with Gasteiger partial charge in [0.25, 0.3) is 0 Å². The van der Waals surface area contributed by atoms with E-state index >= 15 is 0 Å². The quantitative estimate of drug-likeness (QED) is 0.401. The Morgan fingerprint density at radius 2 is 2.00 bits per heavy atom. The van der Waals surface area contributed by atoms with Crippen LogP contribution in [0.2, 0.25) is 5.02 Å². The van der Waals surface area contributed by atoms with Crippen molar-refractivity contribution in [3.63, 3.8) is 0 Å². The van der Waals surface area contributed by atoms with Crippen LogP contribution in [0.1, 0.15) is 41.8 Å². The number of nitrogens with one attached hydrogen (secondary N) is 3. The first-order chi connectivity index (χ1) is 14.6. The number of benzene rings is 1. The SMILES string of the molecule is CC(=N)N1C(=N)C(CC(=O)NC[C@H](C)O)N=C(c2ccc(Cl)cc2)c2c1sc(C)c2C. The maximum absolute atomic E-state index is 12.5. The number of aryl methyl sites for hydroxylation is 1. The van der Waals surface area contributed by atoms with E-state index in [2.05, 4.69) is 5.32 Å². The second-order valence-corrected chi connectivity index (χ2v) is 9.27. The molecule has 0 fully saturated rings. The second kappa shape index (κ2) is 9.30. The largest absolute Gasteiger partial charge is 0.392 e. The zero-order valence-electron chi connectivity index (χ0n) is 17.9. The Labute approximate surface area is 190 Å². The van der Waals surface area contributed by atoms with Gasteiger partial charge >= 0.3 is 0 Å². The van der Waals surface area contributed by atoms with Gasteiger partial charge in [-0.05, 0) is 45.4 Å². The van der Waals surface area contributed by atoms with E-state index < -0.39 is 12.1 Å². The number of fused-ring (bicyclic) bond motifs is 1. The lowest BCUT2D eigenvalue weighted by Gasteiger charge is -2.24. The fourth-order valence-electron chi connectivity index (χ4n) is 3.40. The lowest BCUT2D eigenvalue weighted by Crippen LogP contribution is -2.42. The summed E-state index contributed by atoms with van der Waals surface area (Å²) < 4.78 is 0. The van der Waals surface area contributed by atoms with Crippen LogP contribution in [0.25, 0.3) is 0 Å². The van der Waals surface area contributed by atoms with Crippen LogP contribution >= 0.6 is 22.9 Å². The molecule has 1 aliphatic heterocycles. The van der Waals surface area contributed by atoms with Crippen molar-refractivity contribution in [3.8, 4) is 0 Å². The predicted octanol–water partition coefficient (Wildman–Crippen LogP) is 3.91. The summed E-state index contributed by atoms with van der Waals surface area (Å²) in [4.78, 5) is 20.0. The number of thiophene rings is 1. The molecule has 3 rings (SSSR count). The summed E-state index contributed by atoms with van der Waals surface area (Å²) in [5.41, 5.74) is 3.41. The first-order valence-corrected chi connectivity index (χ1v) is 11.1. The molecule has 1 unspecified atom stereocenters. The van der Waals surface area contributed by atoms with Gasteiger partial charge in [0.2, 0.25) is 5.91 Å². The molecule has 0 bridgehead atoms. The summed E-state index contributed by atoms with van der Waals surface area (Å²) >= 11 is 7.59. The second-order valence-electron chi connectivity index (χ2n) is 7.63. The van der Waals surface area contributed by atoms with Gasteiger partial charge < -0.3 is 10.4 Å². The number of aliphatic imine (C=N–C) groups is 1. The third-order valence-corrected chi connectivity index (χ3v) is 6.52. The van der Waals surface area contributed by atoms with Gasteiger partial charge in [-0.25, -0.2) is 0 Å². The Kier molecular flexibility index (Phi) is 6.93. The highest BCUT2D eigenvalue weighted by Crippen LogP contribution is 2.40. The van der Waals surface area contributed by atoms with Crippen molar-refractivity contribution in [1.29, 1.82) is 10.8 Å². The fourth-order valence-corrected chi connectivity index (χ4v) is 4.75. The van der Waals surface area contributed by atoms with Gasteiger partial charge in [-0.1, -0.05) is 23.7 Å². The third kappa shape index (κ3) is 4.87. The lowest BCUT2D eigenvalue weighted by atomic mass is 9.99. The van der Waals surface area contributed by atoms with Crippen LogP contribution in [0.4, 0.5) is 5.00 Å². The van der Waals surface area contributed by atoms with Gasteiger partial charge in [0.05, 0.1) is 18.2 Å². The van der Waals surface area contributed by atoms with Crippen molar-refractivity contribution in [2.24, 2.45) is 4.99 Å². The molecule has 0 spiro atoms. The molecule has 7 nitrogen and oxygen atoms in total. The summed E-state index contributed by atoms with van der Waals surface area (Å²) in [6.07, 6.45) is -0.719. The van der Waals surface area contributed by atoms with Gasteiger partial charge in [0.15, 0.2) is 0 Å². The van der Waals surface area contributed by atoms with E-state index in [0.29, 0.717) is 10.7 Å². The lowest BCUT2D eigenvalue weighted by molar-refractivity contribution is -0.121. The van der Waals surface area contributed by atoms with Gasteiger partial charge in [-0.2, -0.15) is 0 Å². The van der Waals surface area contributed by atoms with Gasteiger partial charge in [0, 0.05) is 27.6 Å². The molecule has 0 radical (unpaired) electrons. The molecule has 0 aliphatic carbocycles. The van der Waals surface area contributed by atoms with E-state index in [-0.39, 0.29) is 30.5 Å². The van der Waals surface area contributed by atoms with E-state index in [0.717, 1.165) is 26.6 Å². The number of hydrogen-bond acceptors (Lipinski definition) is 6. The molecule has 1 amide bonds. The molecule has 1 aromatic carbocycles. The minimum absolute atomic E-state index is 0.0562. The average Bonchev–Trinajstić information content (AvgIpc) is 2.91. The minimum atomic E-state index is -0.778. The van der Waals surface area contributed by atoms with Crippen LogP contribution in [0, 0.1) is 24.7 Å². The number of rotatable bonds is 5. The van der Waals surface area contributed by atoms with Crippen LogP contribution in [0.15, 0.2) is 29.3 Å². The molecular formula is C22H26ClN5O2S. The van der Waals surface area contributed by atoms with Gasteiger partial charge in [-0.3, -0.25) is 25.5 Å². The van der Waals surface area contributed by atoms with Crippen molar-refractivity contribution >= 4 is 51.2 Å². The third-order valence-electron chi connectivity index (χ3n) is 5.07. The Bertz CT molecular complexity index is 1060. The molecule has 0 saturated carbocycles. The molecule has 2 heterocycles. The molecule has 9 heteroatoms. The molecular weight excluding hydrogens is 434 g/mol. The van der Waals surface area contributed by atoms with Crippen LogP contribution in [0.3, 0.4) is 0 Å². The van der Waals surface area contributed by atoms with Gasteiger partial charge in [-0.15, -0.1) is 11.3 Å². The number of carbonyl (C=O) groups is 1. The first-order valence-electron chi connectivity index (χ1n) is 9.92. The monoisotopic (exact) mass is 459 g/mol. The predicted molar refractivity (Wildman–Crippen MR) is 128 cm³/mol. The highest BCUT2D eigenvalue weighted by molar-refractivity contribution is 7.17. The Morgan fingerprint density at radius 1 is 1.35 bits per heavy atom. The Hall–Kier alpha value is -2.55. The van der Waals surface area contributed by atoms with E-state index in [1.807, 2.05) is 26.0 Å². The molecule has 2 aromatic rings. The maximum Gasteiger partial charge on any atom is 0.222 e. The molecule has 2 atom stereocenters. The fraction of sp³-hybridized carbons (Fsp3) is 0.364. The summed E-state index contributed by atoms with van der Waals surface area (Å²) in [6, 6.07) is 6.54. The minimum Gasteiger partial charge on any atom is -0.392 e. The number of halogens is 1. The van der Waals surface area contributed by atoms with E-state index in [1.54, 1.807) is 30.9 Å². The first kappa shape index (κ1) is 23.1. The van der Waals surface area contributed by atoms with Crippen molar-refractivity contribution in [2.75, 3.05) is 11.4 Å². The van der Waals surface area contributed by atoms with Crippen molar-refractivity contribution < 1.29 is 9.90 Å². The number of amides is 1. The highest BCUT2D eigenvalue weighted by Gasteiger charge is 2.34. The number of amidine groups is 2. The standard InChI is InChI=1S/C22H26ClN5O2S/c1-11(29)10-26-18(30)9-17-21(25)28(14(4)24)22-19(12(2)13(3)31-22)20(27-17)15-5-7-16(23)8-6-15/h5-8,11,17,24-25,29H,9-10H2,1-4H3,(H,26,30)/t11-,17?/m0/s1. The smallest absolute Gasteiger partial charge is 0.222 e. The van der Waals surface area contributed by atoms with Crippen LogP contribution in [-0.2, 0) is 4.79 Å². The number of aliphatic hydroxyl groups excluding tert-OH is 1. The molecule has 164 valence electrons. The molecule has 1 aliphatic rings. The van der Waals surface area contributed by atoms with Crippen LogP contribution < -0.4 is 10.2 Å². The summed E-state index contributed by atoms with van der Waals surface area (Å²) in [5, 5.41) is 30.6. The Balaban J connectivity index is 2.15. The maximum atomic E-state index is 12.5. The topological polar surface area (TPSA) is 113 Å². The van der Waals surface area contributed by atoms with E-state index in [1.165, 1.54) is 11.3 Å². The van der Waals surface area contributed by atoms with Crippen LogP contribution in [-0.4, -0.2) is 47.1 Å². The van der Waals surface area contributed by atoms with Crippen molar-refractivity contribution in [3.05, 3.63) is 50.9 Å². The summed E-state index contributed by atoms with van der Waals surface area (Å²) in [5.74, 6) is -0.0452. The average molecular weight is 460 g/mol. The van der Waals surface area contributed by atoms with Crippen molar-refractivity contribution in [1.82, 2.24) is 5.32 Å². The van der Waals surface area contributed by atoms with Crippen LogP contribution in [0.5, 0.6) is 0 Å². The van der Waals surface area contributed by atoms with Gasteiger partial charge in [0.1, 0.15) is 22.7 Å². The zero-order chi connectivity index (χ0) is 22.9. The number of aliphatic hydroxyl groups is 1. The molecule has 31 heavy (non-hydrogen) atoms. The highest BCUT2D eigenvalue weighted by atomic mass is 35.5. The van der Waals surface area contributed by atoms with E-state index in [9.17, 15) is 9.90 Å². The van der Waals surface area contributed by atoms with Crippen molar-refractivity contribution in [2.45, 2.75) is 46.3 Å². The summed E-state index contributed by atoms with van der Waals surface area (Å²) in [7, 11) is 0. The number of hydrogen-bond donors (Lipinski definition) is 4. The zero-order valence-corrected chi connectivity index (χ0v) is 19.5. The molecule has 0 saturated heterocycles. The Morgan fingerprint density at radius 3 is 2.58 bits per heavy atom. The van der Waals surface area contributed by atoms with E-state index in [4.69, 9.17) is 27.4 Å². The normalized spacial score (nSPS) is 17.0. The molecule has 1 aromatic heterocycles. The number of nitrogens with zero attached hydrogens (tertiary/aromatic N) is 2. The number of carbonyl (C=O) groups excluding carboxylic acids is 1.